The van der Waals surface area contributed by atoms with E-state index in [1.807, 2.05) is 18.2 Å². The summed E-state index contributed by atoms with van der Waals surface area (Å²) in [5.74, 6) is 2.57. The van der Waals surface area contributed by atoms with E-state index in [9.17, 15) is 0 Å². The van der Waals surface area contributed by atoms with Gasteiger partial charge in [-0.15, -0.1) is 6.42 Å². The lowest BCUT2D eigenvalue weighted by atomic mass is 10.1. The molecule has 0 atom stereocenters. The third-order valence-corrected chi connectivity index (χ3v) is 1.96. The first kappa shape index (κ1) is 8.17. The molecule has 0 nitrogen and oxygen atoms in total. The van der Waals surface area contributed by atoms with Crippen molar-refractivity contribution in [1.29, 1.82) is 0 Å². The van der Waals surface area contributed by atoms with Gasteiger partial charge in [-0.3, -0.25) is 0 Å². The Kier molecular flexibility index (Phi) is 2.57. The Hall–Kier alpha value is -0.930. The second kappa shape index (κ2) is 3.46. The van der Waals surface area contributed by atoms with E-state index in [0.29, 0.717) is 0 Å². The first-order valence-electron chi connectivity index (χ1n) is 3.53. The third kappa shape index (κ3) is 1.76. The molecule has 0 aliphatic rings. The smallest absolute Gasteiger partial charge is 0.0438 e. The number of halogens is 1. The van der Waals surface area contributed by atoms with Crippen LogP contribution >= 0.6 is 11.6 Å². The maximum atomic E-state index is 5.88. The van der Waals surface area contributed by atoms with Crippen molar-refractivity contribution < 1.29 is 0 Å². The summed E-state index contributed by atoms with van der Waals surface area (Å²) in [6, 6.07) is 5.64. The van der Waals surface area contributed by atoms with Crippen LogP contribution in [0.2, 0.25) is 5.02 Å². The fourth-order valence-corrected chi connectivity index (χ4v) is 1.19. The molecule has 0 aromatic heterocycles. The van der Waals surface area contributed by atoms with Gasteiger partial charge in [0.25, 0.3) is 0 Å². The summed E-state index contributed by atoms with van der Waals surface area (Å²) in [6.45, 7) is 2.06. The third-order valence-electron chi connectivity index (χ3n) is 1.59. The highest BCUT2D eigenvalue weighted by molar-refractivity contribution is 6.31. The van der Waals surface area contributed by atoms with Crippen LogP contribution in [0.15, 0.2) is 18.2 Å². The maximum Gasteiger partial charge on any atom is 0.0438 e. The molecule has 0 aliphatic carbocycles. The summed E-state index contributed by atoms with van der Waals surface area (Å²) in [4.78, 5) is 0. The predicted octanol–water partition coefficient (Wildman–Crippen LogP) is 2.88. The molecule has 0 heterocycles. The zero-order valence-electron chi connectivity index (χ0n) is 6.39. The van der Waals surface area contributed by atoms with Gasteiger partial charge < -0.3 is 0 Å². The standard InChI is InChI=1S/C10H9Cl/c1-3-8-5-6-10(11)9(4-2)7-8/h1,5-7H,4H2,2H3. The molecule has 0 radical (unpaired) electrons. The Bertz CT molecular complexity index is 294. The maximum absolute atomic E-state index is 5.88. The van der Waals surface area contributed by atoms with Crippen LogP contribution in [0.4, 0.5) is 0 Å². The topological polar surface area (TPSA) is 0 Å². The van der Waals surface area contributed by atoms with Gasteiger partial charge in [-0.1, -0.05) is 24.4 Å². The molecule has 1 aromatic carbocycles. The number of hydrogen-bond acceptors (Lipinski definition) is 0. The molecule has 0 amide bonds. The minimum atomic E-state index is 0.798. The summed E-state index contributed by atoms with van der Waals surface area (Å²) in [5.41, 5.74) is 2.01. The van der Waals surface area contributed by atoms with Gasteiger partial charge in [-0.05, 0) is 30.2 Å². The highest BCUT2D eigenvalue weighted by atomic mass is 35.5. The molecular formula is C10H9Cl. The van der Waals surface area contributed by atoms with E-state index < -0.39 is 0 Å². The molecule has 0 spiro atoms. The van der Waals surface area contributed by atoms with Gasteiger partial charge in [0.1, 0.15) is 0 Å². The number of aryl methyl sites for hydroxylation is 1. The van der Waals surface area contributed by atoms with E-state index in [1.165, 1.54) is 0 Å². The zero-order valence-corrected chi connectivity index (χ0v) is 7.15. The van der Waals surface area contributed by atoms with Gasteiger partial charge in [0.15, 0.2) is 0 Å². The van der Waals surface area contributed by atoms with Crippen molar-refractivity contribution >= 4 is 11.6 Å². The van der Waals surface area contributed by atoms with Crippen molar-refractivity contribution in [2.24, 2.45) is 0 Å². The van der Waals surface area contributed by atoms with Gasteiger partial charge >= 0.3 is 0 Å². The van der Waals surface area contributed by atoms with Crippen LogP contribution in [0.3, 0.4) is 0 Å². The molecule has 0 saturated carbocycles. The molecule has 0 N–H and O–H groups in total. The van der Waals surface area contributed by atoms with E-state index in [1.54, 1.807) is 0 Å². The molecule has 11 heavy (non-hydrogen) atoms. The van der Waals surface area contributed by atoms with E-state index >= 15 is 0 Å². The molecule has 0 bridgehead atoms. The molecule has 0 unspecified atom stereocenters. The average molecular weight is 165 g/mol. The van der Waals surface area contributed by atoms with E-state index in [-0.39, 0.29) is 0 Å². The normalized spacial score (nSPS) is 9.18. The fraction of sp³-hybridized carbons (Fsp3) is 0.200. The molecular weight excluding hydrogens is 156 g/mol. The summed E-state index contributed by atoms with van der Waals surface area (Å²) >= 11 is 5.88. The minimum Gasteiger partial charge on any atom is -0.115 e. The van der Waals surface area contributed by atoms with Crippen molar-refractivity contribution in [3.8, 4) is 12.3 Å². The number of rotatable bonds is 1. The lowest BCUT2D eigenvalue weighted by Gasteiger charge is -1.99. The highest BCUT2D eigenvalue weighted by Gasteiger charge is 1.96. The van der Waals surface area contributed by atoms with Crippen LogP contribution in [0.25, 0.3) is 0 Å². The SMILES string of the molecule is C#Cc1ccc(Cl)c(CC)c1. The van der Waals surface area contributed by atoms with Gasteiger partial charge in [-0.25, -0.2) is 0 Å². The molecule has 56 valence electrons. The second-order valence-corrected chi connectivity index (χ2v) is 2.71. The van der Waals surface area contributed by atoms with E-state index in [4.69, 9.17) is 18.0 Å². The van der Waals surface area contributed by atoms with Crippen molar-refractivity contribution in [3.05, 3.63) is 34.3 Å². The highest BCUT2D eigenvalue weighted by Crippen LogP contribution is 2.17. The predicted molar refractivity (Wildman–Crippen MR) is 48.8 cm³/mol. The minimum absolute atomic E-state index is 0.798. The Labute approximate surface area is 72.2 Å². The molecule has 1 aromatic rings. The monoisotopic (exact) mass is 164 g/mol. The Morgan fingerprint density at radius 3 is 2.82 bits per heavy atom. The van der Waals surface area contributed by atoms with Gasteiger partial charge in [-0.2, -0.15) is 0 Å². The summed E-state index contributed by atoms with van der Waals surface area (Å²) in [6.07, 6.45) is 6.16. The average Bonchev–Trinajstić information content (AvgIpc) is 2.05. The van der Waals surface area contributed by atoms with Gasteiger partial charge in [0, 0.05) is 10.6 Å². The number of hydrogen-bond donors (Lipinski definition) is 0. The first-order chi connectivity index (χ1) is 5.27. The largest absolute Gasteiger partial charge is 0.115 e. The number of benzene rings is 1. The Morgan fingerprint density at radius 2 is 2.27 bits per heavy atom. The quantitative estimate of drug-likeness (QED) is 0.560. The molecule has 1 heteroatoms. The van der Waals surface area contributed by atoms with Crippen LogP contribution in [0, 0.1) is 12.3 Å². The van der Waals surface area contributed by atoms with Crippen LogP contribution in [-0.2, 0) is 6.42 Å². The van der Waals surface area contributed by atoms with Gasteiger partial charge in [0.2, 0.25) is 0 Å². The Morgan fingerprint density at radius 1 is 1.55 bits per heavy atom. The molecule has 0 saturated heterocycles. The molecule has 1 rings (SSSR count). The van der Waals surface area contributed by atoms with Crippen molar-refractivity contribution in [1.82, 2.24) is 0 Å². The van der Waals surface area contributed by atoms with Crippen molar-refractivity contribution in [2.75, 3.05) is 0 Å². The zero-order chi connectivity index (χ0) is 8.27. The second-order valence-electron chi connectivity index (χ2n) is 2.30. The molecule has 0 aliphatic heterocycles. The van der Waals surface area contributed by atoms with E-state index in [0.717, 1.165) is 22.6 Å². The molecule has 0 fully saturated rings. The van der Waals surface area contributed by atoms with Crippen molar-refractivity contribution in [2.45, 2.75) is 13.3 Å². The summed E-state index contributed by atoms with van der Waals surface area (Å²) in [5, 5.41) is 0.798. The van der Waals surface area contributed by atoms with Gasteiger partial charge in [0.05, 0.1) is 0 Å². The number of terminal acetylenes is 1. The summed E-state index contributed by atoms with van der Waals surface area (Å²) in [7, 11) is 0. The van der Waals surface area contributed by atoms with E-state index in [2.05, 4.69) is 12.8 Å². The van der Waals surface area contributed by atoms with Crippen LogP contribution in [-0.4, -0.2) is 0 Å². The first-order valence-corrected chi connectivity index (χ1v) is 3.90. The Balaban J connectivity index is 3.15. The van der Waals surface area contributed by atoms with Crippen LogP contribution < -0.4 is 0 Å². The summed E-state index contributed by atoms with van der Waals surface area (Å²) < 4.78 is 0. The fourth-order valence-electron chi connectivity index (χ4n) is 0.935. The van der Waals surface area contributed by atoms with Crippen LogP contribution in [0.5, 0.6) is 0 Å². The lowest BCUT2D eigenvalue weighted by molar-refractivity contribution is 1.14. The van der Waals surface area contributed by atoms with Crippen LogP contribution in [0.1, 0.15) is 18.1 Å². The lowest BCUT2D eigenvalue weighted by Crippen LogP contribution is -1.83. The van der Waals surface area contributed by atoms with Crippen molar-refractivity contribution in [3.63, 3.8) is 0 Å².